The van der Waals surface area contributed by atoms with Gasteiger partial charge in [-0.2, -0.15) is 0 Å². The molecule has 0 saturated carbocycles. The summed E-state index contributed by atoms with van der Waals surface area (Å²) in [5, 5.41) is 11.6. The number of aromatic carboxylic acids is 1. The molecule has 0 saturated heterocycles. The molecule has 3 aromatic carbocycles. The van der Waals surface area contributed by atoms with E-state index in [2.05, 4.69) is 5.32 Å². The van der Waals surface area contributed by atoms with Crippen LogP contribution in [-0.4, -0.2) is 28.8 Å². The zero-order valence-corrected chi connectivity index (χ0v) is 16.3. The molecule has 1 aliphatic rings. The molecule has 3 aromatic rings. The Morgan fingerprint density at radius 2 is 1.45 bits per heavy atom. The molecule has 1 aliphatic heterocycles. The SMILES string of the molecule is CC(=O)Nc1ccc(N2C(=O)c3ccc(Oc4ccc(C(=O)O)cc4)cc3C2=O)cc1. The lowest BCUT2D eigenvalue weighted by Crippen LogP contribution is -2.29. The molecule has 2 N–H and O–H groups in total. The fourth-order valence-electron chi connectivity index (χ4n) is 3.22. The van der Waals surface area contributed by atoms with E-state index in [1.807, 2.05) is 0 Å². The van der Waals surface area contributed by atoms with Gasteiger partial charge in [-0.05, 0) is 66.7 Å². The molecule has 3 amide bonds. The number of rotatable bonds is 5. The summed E-state index contributed by atoms with van der Waals surface area (Å²) < 4.78 is 5.70. The van der Waals surface area contributed by atoms with Crippen LogP contribution in [-0.2, 0) is 4.79 Å². The van der Waals surface area contributed by atoms with Crippen molar-refractivity contribution in [2.45, 2.75) is 6.92 Å². The summed E-state index contributed by atoms with van der Waals surface area (Å²) in [7, 11) is 0. The first kappa shape index (κ1) is 19.8. The highest BCUT2D eigenvalue weighted by Crippen LogP contribution is 2.32. The van der Waals surface area contributed by atoms with Gasteiger partial charge in [0.25, 0.3) is 11.8 Å². The fraction of sp³-hybridized carbons (Fsp3) is 0.0435. The zero-order chi connectivity index (χ0) is 22.1. The van der Waals surface area contributed by atoms with Crippen LogP contribution in [0.1, 0.15) is 38.0 Å². The van der Waals surface area contributed by atoms with E-state index in [1.54, 1.807) is 30.3 Å². The monoisotopic (exact) mass is 416 g/mol. The summed E-state index contributed by atoms with van der Waals surface area (Å²) >= 11 is 0. The number of hydrogen-bond donors (Lipinski definition) is 2. The maximum atomic E-state index is 12.9. The van der Waals surface area contributed by atoms with E-state index in [-0.39, 0.29) is 22.6 Å². The van der Waals surface area contributed by atoms with Crippen molar-refractivity contribution in [2.24, 2.45) is 0 Å². The molecule has 154 valence electrons. The number of benzene rings is 3. The third kappa shape index (κ3) is 3.86. The maximum absolute atomic E-state index is 12.9. The maximum Gasteiger partial charge on any atom is 0.335 e. The average Bonchev–Trinajstić information content (AvgIpc) is 2.98. The summed E-state index contributed by atoms with van der Waals surface area (Å²) in [4.78, 5) is 48.8. The Morgan fingerprint density at radius 1 is 0.839 bits per heavy atom. The van der Waals surface area contributed by atoms with Crippen LogP contribution in [0, 0.1) is 0 Å². The topological polar surface area (TPSA) is 113 Å². The summed E-state index contributed by atoms with van der Waals surface area (Å²) in [5.41, 5.74) is 1.52. The minimum Gasteiger partial charge on any atom is -0.478 e. The lowest BCUT2D eigenvalue weighted by atomic mass is 10.1. The molecule has 0 aromatic heterocycles. The van der Waals surface area contributed by atoms with Gasteiger partial charge < -0.3 is 15.2 Å². The Balaban J connectivity index is 1.57. The molecule has 1 heterocycles. The Labute approximate surface area is 176 Å². The molecule has 0 radical (unpaired) electrons. The van der Waals surface area contributed by atoms with Gasteiger partial charge in [0.1, 0.15) is 11.5 Å². The lowest BCUT2D eigenvalue weighted by Gasteiger charge is -2.14. The number of imide groups is 1. The number of nitrogens with one attached hydrogen (secondary N) is 1. The number of carbonyl (C=O) groups excluding carboxylic acids is 3. The van der Waals surface area contributed by atoms with Crippen molar-refractivity contribution in [3.63, 3.8) is 0 Å². The van der Waals surface area contributed by atoms with Gasteiger partial charge in [-0.1, -0.05) is 0 Å². The summed E-state index contributed by atoms with van der Waals surface area (Å²) in [6, 6.07) is 16.8. The lowest BCUT2D eigenvalue weighted by molar-refractivity contribution is -0.114. The van der Waals surface area contributed by atoms with Crippen LogP contribution in [0.2, 0.25) is 0 Å². The van der Waals surface area contributed by atoms with E-state index in [4.69, 9.17) is 9.84 Å². The smallest absolute Gasteiger partial charge is 0.335 e. The number of fused-ring (bicyclic) bond motifs is 1. The second kappa shape index (κ2) is 7.75. The Kier molecular flexibility index (Phi) is 4.96. The molecule has 0 atom stereocenters. The summed E-state index contributed by atoms with van der Waals surface area (Å²) in [6.45, 7) is 1.39. The van der Waals surface area contributed by atoms with Gasteiger partial charge >= 0.3 is 5.97 Å². The van der Waals surface area contributed by atoms with E-state index >= 15 is 0 Å². The molecule has 0 aliphatic carbocycles. The largest absolute Gasteiger partial charge is 0.478 e. The van der Waals surface area contributed by atoms with E-state index < -0.39 is 17.8 Å². The van der Waals surface area contributed by atoms with Gasteiger partial charge in [-0.3, -0.25) is 14.4 Å². The number of anilines is 2. The van der Waals surface area contributed by atoms with Gasteiger partial charge in [0, 0.05) is 12.6 Å². The molecule has 4 rings (SSSR count). The molecular weight excluding hydrogens is 400 g/mol. The average molecular weight is 416 g/mol. The van der Waals surface area contributed by atoms with E-state index in [1.165, 1.54) is 43.3 Å². The number of carboxylic acids is 1. The van der Waals surface area contributed by atoms with E-state index in [9.17, 15) is 19.2 Å². The molecule has 0 fully saturated rings. The van der Waals surface area contributed by atoms with Crippen LogP contribution in [0.3, 0.4) is 0 Å². The summed E-state index contributed by atoms with van der Waals surface area (Å²) in [6.07, 6.45) is 0. The van der Waals surface area contributed by atoms with Crippen LogP contribution in [0.4, 0.5) is 11.4 Å². The van der Waals surface area contributed by atoms with Crippen molar-refractivity contribution in [1.82, 2.24) is 0 Å². The minimum atomic E-state index is -1.04. The number of carboxylic acid groups (broad SMARTS) is 1. The Bertz CT molecular complexity index is 1220. The van der Waals surface area contributed by atoms with Crippen molar-refractivity contribution in [3.8, 4) is 11.5 Å². The van der Waals surface area contributed by atoms with Gasteiger partial charge in [0.05, 0.1) is 22.4 Å². The highest BCUT2D eigenvalue weighted by Gasteiger charge is 2.37. The second-order valence-corrected chi connectivity index (χ2v) is 6.81. The van der Waals surface area contributed by atoms with Crippen molar-refractivity contribution in [3.05, 3.63) is 83.4 Å². The van der Waals surface area contributed by atoms with Crippen LogP contribution in [0.25, 0.3) is 0 Å². The molecular formula is C23H16N2O6. The number of hydrogen-bond acceptors (Lipinski definition) is 5. The van der Waals surface area contributed by atoms with Gasteiger partial charge in [-0.15, -0.1) is 0 Å². The first-order chi connectivity index (χ1) is 14.8. The quantitative estimate of drug-likeness (QED) is 0.609. The number of carbonyl (C=O) groups is 4. The Morgan fingerprint density at radius 3 is 2.06 bits per heavy atom. The van der Waals surface area contributed by atoms with Crippen LogP contribution < -0.4 is 15.0 Å². The summed E-state index contributed by atoms with van der Waals surface area (Å²) in [5.74, 6) is -1.47. The molecule has 0 bridgehead atoms. The minimum absolute atomic E-state index is 0.127. The second-order valence-electron chi connectivity index (χ2n) is 6.81. The fourth-order valence-corrected chi connectivity index (χ4v) is 3.22. The number of amides is 3. The third-order valence-corrected chi connectivity index (χ3v) is 4.64. The number of nitrogens with zero attached hydrogens (tertiary/aromatic N) is 1. The first-order valence-electron chi connectivity index (χ1n) is 9.25. The van der Waals surface area contributed by atoms with Crippen LogP contribution >= 0.6 is 0 Å². The van der Waals surface area contributed by atoms with E-state index in [0.717, 1.165) is 4.90 Å². The highest BCUT2D eigenvalue weighted by atomic mass is 16.5. The zero-order valence-electron chi connectivity index (χ0n) is 16.3. The molecule has 8 nitrogen and oxygen atoms in total. The Hall–Kier alpha value is -4.46. The van der Waals surface area contributed by atoms with Crippen LogP contribution in [0.15, 0.2) is 66.7 Å². The molecule has 0 unspecified atom stereocenters. The van der Waals surface area contributed by atoms with Crippen molar-refractivity contribution >= 4 is 35.1 Å². The van der Waals surface area contributed by atoms with Crippen molar-refractivity contribution in [2.75, 3.05) is 10.2 Å². The predicted molar refractivity (Wildman–Crippen MR) is 112 cm³/mol. The van der Waals surface area contributed by atoms with Crippen molar-refractivity contribution in [1.29, 1.82) is 0 Å². The first-order valence-corrected chi connectivity index (χ1v) is 9.25. The molecule has 8 heteroatoms. The van der Waals surface area contributed by atoms with Gasteiger partial charge in [0.15, 0.2) is 0 Å². The predicted octanol–water partition coefficient (Wildman–Crippen LogP) is 3.94. The molecule has 31 heavy (non-hydrogen) atoms. The molecule has 0 spiro atoms. The standard InChI is InChI=1S/C23H16N2O6/c1-13(26)24-15-4-6-16(7-5-15)25-21(27)19-11-10-18(12-20(19)22(25)28)31-17-8-2-14(3-9-17)23(29)30/h2-12H,1H3,(H,24,26)(H,29,30). The van der Waals surface area contributed by atoms with Gasteiger partial charge in [-0.25, -0.2) is 9.69 Å². The van der Waals surface area contributed by atoms with Crippen LogP contribution in [0.5, 0.6) is 11.5 Å². The van der Waals surface area contributed by atoms with E-state index in [0.29, 0.717) is 22.9 Å². The van der Waals surface area contributed by atoms with Crippen molar-refractivity contribution < 1.29 is 29.0 Å². The highest BCUT2D eigenvalue weighted by molar-refractivity contribution is 6.34. The third-order valence-electron chi connectivity index (χ3n) is 4.64. The normalized spacial score (nSPS) is 12.5. The van der Waals surface area contributed by atoms with Gasteiger partial charge in [0.2, 0.25) is 5.91 Å². The number of ether oxygens (including phenoxy) is 1.